The van der Waals surface area contributed by atoms with Crippen LogP contribution in [0.2, 0.25) is 0 Å². The van der Waals surface area contributed by atoms with Crippen LogP contribution in [0.25, 0.3) is 0 Å². The smallest absolute Gasteiger partial charge is 0.156 e. The van der Waals surface area contributed by atoms with E-state index in [1.165, 1.54) is 5.69 Å². The van der Waals surface area contributed by atoms with Gasteiger partial charge in [0.2, 0.25) is 0 Å². The first-order chi connectivity index (χ1) is 7.40. The Labute approximate surface area is 88.9 Å². The number of hydrogen-bond donors (Lipinski definition) is 1. The summed E-state index contributed by atoms with van der Waals surface area (Å²) < 4.78 is 7.23. The molecule has 0 saturated heterocycles. The van der Waals surface area contributed by atoms with Gasteiger partial charge in [-0.1, -0.05) is 12.1 Å². The molecule has 4 heteroatoms. The summed E-state index contributed by atoms with van der Waals surface area (Å²) in [6.07, 6.45) is 3.72. The minimum atomic E-state index is 0.744. The third-order valence-corrected chi connectivity index (χ3v) is 2.30. The second kappa shape index (κ2) is 4.79. The van der Waals surface area contributed by atoms with E-state index in [-0.39, 0.29) is 0 Å². The molecule has 0 fully saturated rings. The average Bonchev–Trinajstić information content (AvgIpc) is 2.87. The lowest BCUT2D eigenvalue weighted by Crippen LogP contribution is -2.15. The summed E-state index contributed by atoms with van der Waals surface area (Å²) in [7, 11) is 0. The lowest BCUT2D eigenvalue weighted by molar-refractivity contribution is 0.375. The molecule has 0 unspecified atom stereocenters. The van der Waals surface area contributed by atoms with Crippen molar-refractivity contribution in [3.05, 3.63) is 42.0 Å². The van der Waals surface area contributed by atoms with Gasteiger partial charge in [-0.25, -0.2) is 0 Å². The quantitative estimate of drug-likeness (QED) is 0.806. The molecule has 0 atom stereocenters. The van der Waals surface area contributed by atoms with E-state index in [2.05, 4.69) is 34.2 Å². The van der Waals surface area contributed by atoms with E-state index in [1.807, 2.05) is 12.1 Å². The van der Waals surface area contributed by atoms with Crippen molar-refractivity contribution < 1.29 is 4.52 Å². The summed E-state index contributed by atoms with van der Waals surface area (Å²) in [6.45, 7) is 4.71. The minimum absolute atomic E-state index is 0.744. The fourth-order valence-corrected chi connectivity index (χ4v) is 1.51. The van der Waals surface area contributed by atoms with Crippen LogP contribution < -0.4 is 5.32 Å². The van der Waals surface area contributed by atoms with E-state index in [4.69, 9.17) is 4.52 Å². The Bertz CT molecular complexity index is 392. The molecular formula is C11H15N3O. The van der Waals surface area contributed by atoms with Gasteiger partial charge >= 0.3 is 0 Å². The summed E-state index contributed by atoms with van der Waals surface area (Å²) in [5.41, 5.74) is 1.26. The van der Waals surface area contributed by atoms with Gasteiger partial charge in [0, 0.05) is 24.5 Å². The van der Waals surface area contributed by atoms with Crippen molar-refractivity contribution >= 4 is 0 Å². The predicted molar refractivity (Wildman–Crippen MR) is 57.4 cm³/mol. The average molecular weight is 205 g/mol. The van der Waals surface area contributed by atoms with Gasteiger partial charge in [0.1, 0.15) is 0 Å². The SMILES string of the molecule is CCNCc1cccn1Cc1ccno1. The van der Waals surface area contributed by atoms with Crippen LogP contribution >= 0.6 is 0 Å². The van der Waals surface area contributed by atoms with Crippen molar-refractivity contribution in [2.24, 2.45) is 0 Å². The third kappa shape index (κ3) is 2.47. The van der Waals surface area contributed by atoms with Crippen LogP contribution in [0.1, 0.15) is 18.4 Å². The molecule has 4 nitrogen and oxygen atoms in total. The van der Waals surface area contributed by atoms with Gasteiger partial charge in [0.05, 0.1) is 12.7 Å². The molecular weight excluding hydrogens is 190 g/mol. The van der Waals surface area contributed by atoms with Crippen molar-refractivity contribution in [1.82, 2.24) is 15.0 Å². The molecule has 0 aliphatic rings. The number of nitrogens with one attached hydrogen (secondary N) is 1. The van der Waals surface area contributed by atoms with Crippen LogP contribution in [-0.4, -0.2) is 16.3 Å². The van der Waals surface area contributed by atoms with E-state index in [0.717, 1.165) is 25.4 Å². The molecule has 2 aromatic rings. The first kappa shape index (κ1) is 9.98. The number of rotatable bonds is 5. The molecule has 0 bridgehead atoms. The van der Waals surface area contributed by atoms with Crippen molar-refractivity contribution in [1.29, 1.82) is 0 Å². The lowest BCUT2D eigenvalue weighted by atomic mass is 10.4. The highest BCUT2D eigenvalue weighted by Crippen LogP contribution is 2.06. The molecule has 0 aliphatic carbocycles. The number of hydrogen-bond acceptors (Lipinski definition) is 3. The van der Waals surface area contributed by atoms with E-state index < -0.39 is 0 Å². The molecule has 0 radical (unpaired) electrons. The Morgan fingerprint density at radius 3 is 3.13 bits per heavy atom. The largest absolute Gasteiger partial charge is 0.359 e. The van der Waals surface area contributed by atoms with E-state index in [9.17, 15) is 0 Å². The zero-order valence-corrected chi connectivity index (χ0v) is 8.81. The predicted octanol–water partition coefficient (Wildman–Crippen LogP) is 1.63. The molecule has 0 aromatic carbocycles. The Hall–Kier alpha value is -1.55. The standard InChI is InChI=1S/C11H15N3O/c1-2-12-8-10-4-3-7-14(10)9-11-5-6-13-15-11/h3-7,12H,2,8-9H2,1H3. The van der Waals surface area contributed by atoms with E-state index in [0.29, 0.717) is 0 Å². The van der Waals surface area contributed by atoms with Crippen LogP contribution in [0.3, 0.4) is 0 Å². The first-order valence-electron chi connectivity index (χ1n) is 5.14. The molecule has 2 heterocycles. The summed E-state index contributed by atoms with van der Waals surface area (Å²) in [6, 6.07) is 6.04. The van der Waals surface area contributed by atoms with Crippen molar-refractivity contribution in [3.63, 3.8) is 0 Å². The summed E-state index contributed by atoms with van der Waals surface area (Å²) >= 11 is 0. The highest BCUT2D eigenvalue weighted by molar-refractivity contribution is 5.09. The summed E-state index contributed by atoms with van der Waals surface area (Å²) in [4.78, 5) is 0. The Morgan fingerprint density at radius 2 is 2.40 bits per heavy atom. The number of nitrogens with zero attached hydrogens (tertiary/aromatic N) is 2. The molecule has 2 rings (SSSR count). The molecule has 2 aromatic heterocycles. The van der Waals surface area contributed by atoms with Crippen LogP contribution in [0.4, 0.5) is 0 Å². The van der Waals surface area contributed by atoms with Crippen LogP contribution in [0, 0.1) is 0 Å². The second-order valence-electron chi connectivity index (χ2n) is 3.39. The molecule has 0 amide bonds. The zero-order chi connectivity index (χ0) is 10.5. The van der Waals surface area contributed by atoms with Gasteiger partial charge in [0.15, 0.2) is 5.76 Å². The van der Waals surface area contributed by atoms with Gasteiger partial charge in [-0.2, -0.15) is 0 Å². The first-order valence-corrected chi connectivity index (χ1v) is 5.14. The van der Waals surface area contributed by atoms with E-state index in [1.54, 1.807) is 6.20 Å². The summed E-state index contributed by atoms with van der Waals surface area (Å²) in [5.74, 6) is 0.879. The van der Waals surface area contributed by atoms with Crippen LogP contribution in [-0.2, 0) is 13.1 Å². The molecule has 80 valence electrons. The van der Waals surface area contributed by atoms with Gasteiger partial charge in [-0.3, -0.25) is 0 Å². The Morgan fingerprint density at radius 1 is 1.47 bits per heavy atom. The highest BCUT2D eigenvalue weighted by atomic mass is 16.5. The fraction of sp³-hybridized carbons (Fsp3) is 0.364. The van der Waals surface area contributed by atoms with Gasteiger partial charge in [-0.05, 0) is 18.7 Å². The maximum atomic E-state index is 5.08. The molecule has 1 N–H and O–H groups in total. The van der Waals surface area contributed by atoms with Crippen LogP contribution in [0.15, 0.2) is 35.1 Å². The molecule has 0 aliphatic heterocycles. The second-order valence-corrected chi connectivity index (χ2v) is 3.39. The maximum Gasteiger partial charge on any atom is 0.156 e. The monoisotopic (exact) mass is 205 g/mol. The normalized spacial score (nSPS) is 10.7. The molecule has 0 saturated carbocycles. The topological polar surface area (TPSA) is 43.0 Å². The summed E-state index contributed by atoms with van der Waals surface area (Å²) in [5, 5.41) is 6.99. The number of aromatic nitrogens is 2. The fourth-order valence-electron chi connectivity index (χ4n) is 1.51. The maximum absolute atomic E-state index is 5.08. The van der Waals surface area contributed by atoms with Crippen LogP contribution in [0.5, 0.6) is 0 Å². The highest BCUT2D eigenvalue weighted by Gasteiger charge is 2.03. The van der Waals surface area contributed by atoms with Gasteiger partial charge in [-0.15, -0.1) is 0 Å². The lowest BCUT2D eigenvalue weighted by Gasteiger charge is -2.07. The van der Waals surface area contributed by atoms with Crippen molar-refractivity contribution in [2.75, 3.05) is 6.54 Å². The van der Waals surface area contributed by atoms with Gasteiger partial charge < -0.3 is 14.4 Å². The van der Waals surface area contributed by atoms with Gasteiger partial charge in [0.25, 0.3) is 0 Å². The zero-order valence-electron chi connectivity index (χ0n) is 8.81. The van der Waals surface area contributed by atoms with Crippen molar-refractivity contribution in [3.8, 4) is 0 Å². The van der Waals surface area contributed by atoms with E-state index >= 15 is 0 Å². The Balaban J connectivity index is 2.04. The Kier molecular flexibility index (Phi) is 3.19. The molecule has 0 spiro atoms. The molecule has 15 heavy (non-hydrogen) atoms. The minimum Gasteiger partial charge on any atom is -0.359 e. The third-order valence-electron chi connectivity index (χ3n) is 2.30. The van der Waals surface area contributed by atoms with Crippen molar-refractivity contribution in [2.45, 2.75) is 20.0 Å².